The summed E-state index contributed by atoms with van der Waals surface area (Å²) in [6, 6.07) is 15.9. The highest BCUT2D eigenvalue weighted by Crippen LogP contribution is 2.21. The van der Waals surface area contributed by atoms with Gasteiger partial charge in [0.2, 0.25) is 0 Å². The Labute approximate surface area is 128 Å². The Morgan fingerprint density at radius 1 is 0.864 bits per heavy atom. The van der Waals surface area contributed by atoms with Gasteiger partial charge in [-0.15, -0.1) is 0 Å². The van der Waals surface area contributed by atoms with E-state index in [0.717, 1.165) is 16.9 Å². The van der Waals surface area contributed by atoms with Crippen LogP contribution in [0, 0.1) is 12.7 Å². The minimum Gasteiger partial charge on any atom is -0.340 e. The fraction of sp³-hybridized carbons (Fsp3) is 0.0588. The molecule has 0 fully saturated rings. The van der Waals surface area contributed by atoms with Crippen molar-refractivity contribution in [1.29, 1.82) is 0 Å². The van der Waals surface area contributed by atoms with Crippen LogP contribution in [-0.2, 0) is 0 Å². The Morgan fingerprint density at radius 3 is 2.27 bits per heavy atom. The molecule has 0 aliphatic carbocycles. The zero-order chi connectivity index (χ0) is 15.4. The minimum absolute atomic E-state index is 0.268. The van der Waals surface area contributed by atoms with E-state index in [4.69, 9.17) is 0 Å². The van der Waals surface area contributed by atoms with E-state index in [0.29, 0.717) is 11.6 Å². The standard InChI is InChI=1S/C17H15FN4/c1-12-4-2-3-5-15(12)22-17-10-16(19-11-20-17)21-14-8-6-13(18)7-9-14/h2-11H,1H3,(H2,19,20,21,22). The quantitative estimate of drug-likeness (QED) is 0.748. The lowest BCUT2D eigenvalue weighted by molar-refractivity contribution is 0.628. The molecule has 0 aliphatic rings. The monoisotopic (exact) mass is 294 g/mol. The lowest BCUT2D eigenvalue weighted by atomic mass is 10.2. The minimum atomic E-state index is -0.268. The Hall–Kier alpha value is -2.95. The largest absolute Gasteiger partial charge is 0.340 e. The van der Waals surface area contributed by atoms with Gasteiger partial charge in [0.1, 0.15) is 23.8 Å². The van der Waals surface area contributed by atoms with Crippen molar-refractivity contribution in [2.75, 3.05) is 10.6 Å². The first-order valence-corrected chi connectivity index (χ1v) is 6.88. The van der Waals surface area contributed by atoms with E-state index in [1.165, 1.54) is 18.5 Å². The van der Waals surface area contributed by atoms with E-state index < -0.39 is 0 Å². The summed E-state index contributed by atoms with van der Waals surface area (Å²) in [5, 5.41) is 6.37. The van der Waals surface area contributed by atoms with Crippen LogP contribution in [0.1, 0.15) is 5.56 Å². The molecule has 3 rings (SSSR count). The Bertz CT molecular complexity index is 772. The molecular weight excluding hydrogens is 279 g/mol. The highest BCUT2D eigenvalue weighted by Gasteiger charge is 2.02. The maximum atomic E-state index is 12.9. The van der Waals surface area contributed by atoms with Crippen molar-refractivity contribution in [3.05, 3.63) is 72.3 Å². The SMILES string of the molecule is Cc1ccccc1Nc1cc(Nc2ccc(F)cc2)ncn1. The molecule has 0 atom stereocenters. The second-order valence-electron chi connectivity index (χ2n) is 4.86. The van der Waals surface area contributed by atoms with Crippen LogP contribution in [0.25, 0.3) is 0 Å². The lowest BCUT2D eigenvalue weighted by Gasteiger charge is -2.10. The number of hydrogen-bond acceptors (Lipinski definition) is 4. The number of nitrogens with zero attached hydrogens (tertiary/aromatic N) is 2. The molecule has 5 heteroatoms. The first-order chi connectivity index (χ1) is 10.7. The number of anilines is 4. The van der Waals surface area contributed by atoms with Gasteiger partial charge < -0.3 is 10.6 Å². The van der Waals surface area contributed by atoms with Crippen LogP contribution >= 0.6 is 0 Å². The molecule has 0 radical (unpaired) electrons. The molecule has 3 aromatic rings. The van der Waals surface area contributed by atoms with Gasteiger partial charge in [-0.05, 0) is 42.8 Å². The van der Waals surface area contributed by atoms with Crippen LogP contribution in [0.4, 0.5) is 27.4 Å². The fourth-order valence-electron chi connectivity index (χ4n) is 2.03. The molecule has 0 saturated carbocycles. The van der Waals surface area contributed by atoms with Crippen molar-refractivity contribution in [3.8, 4) is 0 Å². The average Bonchev–Trinajstić information content (AvgIpc) is 2.52. The third kappa shape index (κ3) is 3.38. The van der Waals surface area contributed by atoms with Crippen molar-refractivity contribution in [2.24, 2.45) is 0 Å². The van der Waals surface area contributed by atoms with Crippen molar-refractivity contribution < 1.29 is 4.39 Å². The highest BCUT2D eigenvalue weighted by atomic mass is 19.1. The van der Waals surface area contributed by atoms with Crippen molar-refractivity contribution in [1.82, 2.24) is 9.97 Å². The maximum absolute atomic E-state index is 12.9. The van der Waals surface area contributed by atoms with Gasteiger partial charge in [-0.3, -0.25) is 0 Å². The number of para-hydroxylation sites is 1. The number of rotatable bonds is 4. The van der Waals surface area contributed by atoms with Crippen molar-refractivity contribution in [3.63, 3.8) is 0 Å². The van der Waals surface area contributed by atoms with Gasteiger partial charge in [0.25, 0.3) is 0 Å². The predicted octanol–water partition coefficient (Wildman–Crippen LogP) is 4.41. The van der Waals surface area contributed by atoms with E-state index in [2.05, 4.69) is 20.6 Å². The van der Waals surface area contributed by atoms with Gasteiger partial charge in [-0.1, -0.05) is 18.2 Å². The second kappa shape index (κ2) is 6.22. The molecule has 0 spiro atoms. The molecule has 4 nitrogen and oxygen atoms in total. The fourth-order valence-corrected chi connectivity index (χ4v) is 2.03. The van der Waals surface area contributed by atoms with E-state index in [-0.39, 0.29) is 5.82 Å². The van der Waals surface area contributed by atoms with Gasteiger partial charge in [-0.25, -0.2) is 14.4 Å². The zero-order valence-electron chi connectivity index (χ0n) is 12.0. The molecule has 0 unspecified atom stereocenters. The third-order valence-electron chi connectivity index (χ3n) is 3.19. The maximum Gasteiger partial charge on any atom is 0.135 e. The number of aromatic nitrogens is 2. The number of nitrogens with one attached hydrogen (secondary N) is 2. The van der Waals surface area contributed by atoms with Crippen LogP contribution < -0.4 is 10.6 Å². The normalized spacial score (nSPS) is 10.3. The molecule has 0 bridgehead atoms. The van der Waals surface area contributed by atoms with Crippen molar-refractivity contribution >= 4 is 23.0 Å². The van der Waals surface area contributed by atoms with E-state index in [1.807, 2.05) is 31.2 Å². The second-order valence-corrected chi connectivity index (χ2v) is 4.86. The number of aryl methyl sites for hydroxylation is 1. The zero-order valence-corrected chi connectivity index (χ0v) is 12.0. The summed E-state index contributed by atoms with van der Waals surface area (Å²) in [7, 11) is 0. The molecule has 1 heterocycles. The first kappa shape index (κ1) is 14.0. The number of hydrogen-bond donors (Lipinski definition) is 2. The predicted molar refractivity (Wildman–Crippen MR) is 86.2 cm³/mol. The molecule has 0 aliphatic heterocycles. The lowest BCUT2D eigenvalue weighted by Crippen LogP contribution is -1.99. The summed E-state index contributed by atoms with van der Waals surface area (Å²) in [6.07, 6.45) is 1.48. The Kier molecular flexibility index (Phi) is 3.96. The van der Waals surface area contributed by atoms with Crippen LogP contribution in [0.2, 0.25) is 0 Å². The summed E-state index contributed by atoms with van der Waals surface area (Å²) in [4.78, 5) is 8.37. The van der Waals surface area contributed by atoms with E-state index in [1.54, 1.807) is 18.2 Å². The molecule has 2 aromatic carbocycles. The van der Waals surface area contributed by atoms with E-state index in [9.17, 15) is 4.39 Å². The van der Waals surface area contributed by atoms with Crippen molar-refractivity contribution in [2.45, 2.75) is 6.92 Å². The summed E-state index contributed by atoms with van der Waals surface area (Å²) >= 11 is 0. The summed E-state index contributed by atoms with van der Waals surface area (Å²) in [5.41, 5.74) is 2.89. The van der Waals surface area contributed by atoms with Crippen LogP contribution in [-0.4, -0.2) is 9.97 Å². The van der Waals surface area contributed by atoms with Crippen LogP contribution in [0.5, 0.6) is 0 Å². The Balaban J connectivity index is 1.78. The van der Waals surface area contributed by atoms with Gasteiger partial charge in [0.15, 0.2) is 0 Å². The first-order valence-electron chi connectivity index (χ1n) is 6.88. The highest BCUT2D eigenvalue weighted by molar-refractivity contribution is 5.64. The number of halogens is 1. The topological polar surface area (TPSA) is 49.8 Å². The van der Waals surface area contributed by atoms with Gasteiger partial charge in [-0.2, -0.15) is 0 Å². The average molecular weight is 294 g/mol. The summed E-state index contributed by atoms with van der Waals surface area (Å²) < 4.78 is 12.9. The summed E-state index contributed by atoms with van der Waals surface area (Å²) in [6.45, 7) is 2.03. The molecule has 1 aromatic heterocycles. The smallest absolute Gasteiger partial charge is 0.135 e. The van der Waals surface area contributed by atoms with Gasteiger partial charge in [0, 0.05) is 17.4 Å². The van der Waals surface area contributed by atoms with Gasteiger partial charge in [0.05, 0.1) is 0 Å². The number of benzene rings is 2. The van der Waals surface area contributed by atoms with E-state index >= 15 is 0 Å². The third-order valence-corrected chi connectivity index (χ3v) is 3.19. The van der Waals surface area contributed by atoms with Crippen LogP contribution in [0.15, 0.2) is 60.9 Å². The summed E-state index contributed by atoms with van der Waals surface area (Å²) in [5.74, 6) is 1.06. The molecule has 0 amide bonds. The molecule has 2 N–H and O–H groups in total. The molecular formula is C17H15FN4. The van der Waals surface area contributed by atoms with Crippen LogP contribution in [0.3, 0.4) is 0 Å². The molecule has 110 valence electrons. The molecule has 22 heavy (non-hydrogen) atoms. The Morgan fingerprint density at radius 2 is 1.55 bits per heavy atom. The van der Waals surface area contributed by atoms with Gasteiger partial charge >= 0.3 is 0 Å². The molecule has 0 saturated heterocycles.